The number of thioether (sulfide) groups is 6. The molecule has 0 atom stereocenters. The number of benzene rings is 4. The largest absolute Gasteiger partial charge is 0.490 e. The molecule has 0 radical (unpaired) electrons. The number of aromatic amines is 2. The van der Waals surface area contributed by atoms with Gasteiger partial charge in [0, 0.05) is 53.6 Å². The normalized spacial score (nSPS) is 13.4. The zero-order valence-corrected chi connectivity index (χ0v) is 81.0. The summed E-state index contributed by atoms with van der Waals surface area (Å²) in [5.74, 6) is 6.35. The van der Waals surface area contributed by atoms with Gasteiger partial charge in [-0.25, -0.2) is 29.9 Å². The number of fused-ring (bicyclic) bond motifs is 21. The van der Waals surface area contributed by atoms with Gasteiger partial charge in [0.15, 0.2) is 60.5 Å². The molecule has 1 spiro atoms. The molecule has 14 nitrogen and oxygen atoms in total. The van der Waals surface area contributed by atoms with E-state index < -0.39 is 0 Å². The third-order valence-corrected chi connectivity index (χ3v) is 33.5. The van der Waals surface area contributed by atoms with Crippen LogP contribution in [0.15, 0.2) is 54.7 Å². The highest BCUT2D eigenvalue weighted by Gasteiger charge is 2.50. The van der Waals surface area contributed by atoms with Gasteiger partial charge in [0.25, 0.3) is 0 Å². The Balaban J connectivity index is 1.23. The minimum atomic E-state index is -0.237. The van der Waals surface area contributed by atoms with Crippen molar-refractivity contribution in [1.29, 1.82) is 0 Å². The molecule has 8 bridgehead atoms. The number of aromatic nitrogens is 8. The molecular weight excluding hydrogens is 1610 g/mol. The molecule has 7 heterocycles. The van der Waals surface area contributed by atoms with Gasteiger partial charge in [-0.05, 0) is 124 Å². The van der Waals surface area contributed by atoms with E-state index >= 15 is 0 Å². The standard InChI is InChI=1S/C101H150N8O6S6/c1-11-19-27-35-43-51-59-73-87-88(74(60-52-44-36-28-20-12-2)90-89(73)118-101(119-90)120-99(116-9)100(117-10)121-101)98-108-96-80-72-86(115-66-58-50-42-34-26-18-8)84(113-64-56-48-40-32-24-16-6)70-78(80)94(106-96)104-92-76-68-82(111-62-54-46-38-30-22-14-4)81(110-61-53-45-37-29-21-13-3)67-75(76)91(102-92)103-93-77-69-83(112-63-55-47-39-31-23-15-5)85(114-65-57-49-41-33-25-17-7)71-79(77)95(105-93)107-97(87)109-98/h67-72H,11-66H2,1-10H3,(H2,102,103,104,105,106,107,108,109). The Bertz CT molecular complexity index is 4250. The van der Waals surface area contributed by atoms with Crippen LogP contribution in [0, 0.1) is 0 Å². The predicted molar refractivity (Wildman–Crippen MR) is 527 cm³/mol. The molecule has 0 saturated carbocycles. The van der Waals surface area contributed by atoms with Gasteiger partial charge in [0.05, 0.1) is 48.1 Å². The zero-order chi connectivity index (χ0) is 84.6. The van der Waals surface area contributed by atoms with E-state index in [-0.39, 0.29) is 2.74 Å². The number of nitrogens with zero attached hydrogens (tertiary/aromatic N) is 6. The van der Waals surface area contributed by atoms with E-state index in [0.717, 1.165) is 171 Å². The average molecular weight is 1760 g/mol. The lowest BCUT2D eigenvalue weighted by atomic mass is 9.95. The Morgan fingerprint density at radius 3 is 0.744 bits per heavy atom. The van der Waals surface area contributed by atoms with Crippen LogP contribution < -0.4 is 28.4 Å². The van der Waals surface area contributed by atoms with Gasteiger partial charge in [-0.15, -0.1) is 23.5 Å². The fourth-order valence-electron chi connectivity index (χ4n) is 17.0. The SMILES string of the molecule is CCCCCCCCOc1cc2c(cc1OCCCCCCCC)-c1nc-2nc2[nH]c(nc3nc(nc4[nH]c(n1)c1c(CCCCCCCC)c5c(c(CCCCCCCC)c41)SC1(SC(SC)=C(SC)S1)S5)-c1cc(OCCCCCCCC)c(OCCCCCCCC)cc1-3)c1cc(OCCCCCCCC)c(OCCCCCCCC)cc21. The molecule has 4 aliphatic heterocycles. The molecule has 3 aromatic heterocycles. The summed E-state index contributed by atoms with van der Waals surface area (Å²) in [4.78, 5) is 46.2. The van der Waals surface area contributed by atoms with Crippen molar-refractivity contribution in [2.45, 2.75) is 389 Å². The Morgan fingerprint density at radius 2 is 0.488 bits per heavy atom. The number of rotatable bonds is 64. The number of hydrogen-bond acceptors (Lipinski definition) is 18. The minimum absolute atomic E-state index is 0.237. The van der Waals surface area contributed by atoms with Crippen molar-refractivity contribution in [3.8, 4) is 80.0 Å². The van der Waals surface area contributed by atoms with E-state index in [0.29, 0.717) is 109 Å². The molecule has 121 heavy (non-hydrogen) atoms. The number of aryl methyl sites for hydroxylation is 2. The van der Waals surface area contributed by atoms with Crippen LogP contribution in [-0.2, 0) is 12.8 Å². The lowest BCUT2D eigenvalue weighted by Gasteiger charge is -2.19. The first-order valence-electron chi connectivity index (χ1n) is 48.6. The van der Waals surface area contributed by atoms with Crippen molar-refractivity contribution in [1.82, 2.24) is 39.9 Å². The summed E-state index contributed by atoms with van der Waals surface area (Å²) >= 11 is 12.1. The molecule has 0 amide bonds. The van der Waals surface area contributed by atoms with Crippen LogP contribution >= 0.6 is 70.6 Å². The molecule has 20 heteroatoms. The number of ether oxygens (including phenoxy) is 6. The number of nitrogens with one attached hydrogen (secondary N) is 2. The summed E-state index contributed by atoms with van der Waals surface area (Å²) in [6.07, 6.45) is 62.2. The van der Waals surface area contributed by atoms with Gasteiger partial charge in [-0.1, -0.05) is 359 Å². The molecule has 11 rings (SSSR count). The molecule has 4 aliphatic rings. The monoisotopic (exact) mass is 1760 g/mol. The zero-order valence-electron chi connectivity index (χ0n) is 76.1. The highest BCUT2D eigenvalue weighted by atomic mass is 32.3. The fourth-order valence-corrected chi connectivity index (χ4v) is 27.7. The second-order valence-corrected chi connectivity index (χ2v) is 42.7. The van der Waals surface area contributed by atoms with Crippen LogP contribution in [0.1, 0.15) is 375 Å². The molecular formula is C101H150N8O6S6. The van der Waals surface area contributed by atoms with Crippen molar-refractivity contribution in [2.75, 3.05) is 52.2 Å². The molecule has 0 saturated heterocycles. The highest BCUT2D eigenvalue weighted by Crippen LogP contribution is 2.77. The van der Waals surface area contributed by atoms with E-state index in [1.54, 1.807) is 0 Å². The highest BCUT2D eigenvalue weighted by molar-refractivity contribution is 8.56. The van der Waals surface area contributed by atoms with Crippen molar-refractivity contribution in [2.24, 2.45) is 0 Å². The Morgan fingerprint density at radius 1 is 0.264 bits per heavy atom. The molecule has 2 N–H and O–H groups in total. The smallest absolute Gasteiger partial charge is 0.172 e. The van der Waals surface area contributed by atoms with Gasteiger partial charge in [0.1, 0.15) is 22.6 Å². The van der Waals surface area contributed by atoms with Gasteiger partial charge >= 0.3 is 0 Å². The summed E-state index contributed by atoms with van der Waals surface area (Å²) < 4.78 is 44.7. The summed E-state index contributed by atoms with van der Waals surface area (Å²) in [6, 6.07) is 13.0. The fraction of sp³-hybridized carbons (Fsp3) is 0.663. The molecule has 0 unspecified atom stereocenters. The average Bonchev–Trinajstić information content (AvgIpc) is 1.55. The van der Waals surface area contributed by atoms with Gasteiger partial charge in [-0.2, -0.15) is 0 Å². The second-order valence-electron chi connectivity index (χ2n) is 34.1. The van der Waals surface area contributed by atoms with Crippen LogP contribution in [0.4, 0.5) is 0 Å². The Hall–Kier alpha value is -5.12. The van der Waals surface area contributed by atoms with Crippen molar-refractivity contribution < 1.29 is 28.4 Å². The first kappa shape index (κ1) is 96.5. The van der Waals surface area contributed by atoms with Crippen molar-refractivity contribution in [3.05, 3.63) is 56.0 Å². The van der Waals surface area contributed by atoms with Crippen LogP contribution in [-0.4, -0.2) is 94.8 Å². The van der Waals surface area contributed by atoms with E-state index in [1.165, 1.54) is 235 Å². The van der Waals surface area contributed by atoms with E-state index in [4.69, 9.17) is 58.3 Å². The molecule has 0 aliphatic carbocycles. The summed E-state index contributed by atoms with van der Waals surface area (Å²) in [5.41, 5.74) is 8.68. The lowest BCUT2D eigenvalue weighted by molar-refractivity contribution is 0.258. The Labute approximate surface area is 754 Å². The van der Waals surface area contributed by atoms with Crippen LogP contribution in [0.2, 0.25) is 0 Å². The van der Waals surface area contributed by atoms with Gasteiger partial charge < -0.3 is 38.4 Å². The van der Waals surface area contributed by atoms with E-state index in [1.807, 2.05) is 23.5 Å². The maximum atomic E-state index is 7.06. The number of hydrogen-bond donors (Lipinski definition) is 2. The maximum Gasteiger partial charge on any atom is 0.172 e. The lowest BCUT2D eigenvalue weighted by Crippen LogP contribution is -2.03. The molecule has 666 valence electrons. The summed E-state index contributed by atoms with van der Waals surface area (Å²) in [6.45, 7) is 21.8. The van der Waals surface area contributed by atoms with Crippen LogP contribution in [0.5, 0.6) is 34.5 Å². The molecule has 0 fully saturated rings. The third kappa shape index (κ3) is 27.9. The van der Waals surface area contributed by atoms with E-state index in [2.05, 4.69) is 161 Å². The topological polar surface area (TPSA) is 164 Å². The second kappa shape index (κ2) is 53.5. The minimum Gasteiger partial charge on any atom is -0.490 e. The van der Waals surface area contributed by atoms with Gasteiger partial charge in [0.2, 0.25) is 0 Å². The van der Waals surface area contributed by atoms with Crippen LogP contribution in [0.3, 0.4) is 0 Å². The Kier molecular flexibility index (Phi) is 42.7. The quantitative estimate of drug-likeness (QED) is 0.0346. The number of unbranched alkanes of at least 4 members (excludes halogenated alkanes) is 40. The predicted octanol–water partition coefficient (Wildman–Crippen LogP) is 33.3. The maximum absolute atomic E-state index is 7.06. The first-order valence-corrected chi connectivity index (χ1v) is 54.3. The van der Waals surface area contributed by atoms with Crippen molar-refractivity contribution >= 4 is 115 Å². The third-order valence-electron chi connectivity index (χ3n) is 24.1. The summed E-state index contributed by atoms with van der Waals surface area (Å²) in [5, 5.41) is 3.92. The number of H-pyrrole nitrogens is 2. The first-order chi connectivity index (χ1) is 59.6. The van der Waals surface area contributed by atoms with Crippen molar-refractivity contribution in [3.63, 3.8) is 0 Å². The molecule has 7 aromatic rings. The van der Waals surface area contributed by atoms with Crippen LogP contribution in [0.25, 0.3) is 89.7 Å². The van der Waals surface area contributed by atoms with E-state index in [9.17, 15) is 0 Å². The molecule has 4 aromatic carbocycles. The summed E-state index contributed by atoms with van der Waals surface area (Å²) in [7, 11) is 0. The van der Waals surface area contributed by atoms with Gasteiger partial charge in [-0.3, -0.25) is 0 Å².